The van der Waals surface area contributed by atoms with E-state index in [4.69, 9.17) is 4.42 Å². The van der Waals surface area contributed by atoms with Crippen molar-refractivity contribution < 1.29 is 18.0 Å². The van der Waals surface area contributed by atoms with E-state index in [0.717, 1.165) is 11.1 Å². The number of amides is 1. The first-order chi connectivity index (χ1) is 16.4. The predicted octanol–water partition coefficient (Wildman–Crippen LogP) is 3.42. The van der Waals surface area contributed by atoms with Crippen molar-refractivity contribution in [3.63, 3.8) is 0 Å². The molecule has 1 aromatic carbocycles. The highest BCUT2D eigenvalue weighted by atomic mass is 19.3. The second-order valence-electron chi connectivity index (χ2n) is 8.27. The lowest BCUT2D eigenvalue weighted by atomic mass is 10.0. The van der Waals surface area contributed by atoms with Crippen molar-refractivity contribution in [3.05, 3.63) is 64.5 Å². The molecule has 34 heavy (non-hydrogen) atoms. The smallest absolute Gasteiger partial charge is 0.330 e. The number of halogens is 2. The normalized spacial score (nSPS) is 14.9. The quantitative estimate of drug-likeness (QED) is 0.445. The Balaban J connectivity index is 1.43. The Labute approximate surface area is 192 Å². The second-order valence-corrected chi connectivity index (χ2v) is 8.27. The fraction of sp³-hybridized carbons (Fsp3) is 0.348. The second kappa shape index (κ2) is 8.81. The van der Waals surface area contributed by atoms with Gasteiger partial charge in [0, 0.05) is 37.8 Å². The van der Waals surface area contributed by atoms with Crippen LogP contribution in [0.5, 0.6) is 0 Å². The van der Waals surface area contributed by atoms with Gasteiger partial charge in [0.25, 0.3) is 5.89 Å². The first kappa shape index (κ1) is 21.9. The third-order valence-electron chi connectivity index (χ3n) is 6.16. The molecule has 4 heterocycles. The summed E-state index contributed by atoms with van der Waals surface area (Å²) in [6, 6.07) is 10.6. The number of carbonyl (C=O) groups is 1. The van der Waals surface area contributed by atoms with E-state index in [1.807, 2.05) is 6.07 Å². The average Bonchev–Trinajstić information content (AvgIpc) is 3.44. The number of piperidine rings is 1. The Kier molecular flexibility index (Phi) is 5.68. The fourth-order valence-corrected chi connectivity index (χ4v) is 4.42. The highest BCUT2D eigenvalue weighted by Crippen LogP contribution is 2.26. The van der Waals surface area contributed by atoms with Crippen LogP contribution in [-0.2, 0) is 11.3 Å². The summed E-state index contributed by atoms with van der Waals surface area (Å²) in [5, 5.41) is 7.00. The third kappa shape index (κ3) is 3.97. The van der Waals surface area contributed by atoms with Crippen LogP contribution in [0, 0.1) is 0 Å². The number of hydrogen-bond acceptors (Lipinski definition) is 6. The third-order valence-corrected chi connectivity index (χ3v) is 6.16. The summed E-state index contributed by atoms with van der Waals surface area (Å²) in [6.45, 7) is 3.08. The molecule has 0 saturated carbocycles. The summed E-state index contributed by atoms with van der Waals surface area (Å²) in [4.78, 5) is 31.4. The molecule has 0 bridgehead atoms. The number of nitrogens with zero attached hydrogens (tertiary/aromatic N) is 6. The maximum absolute atomic E-state index is 13.5. The van der Waals surface area contributed by atoms with Gasteiger partial charge < -0.3 is 9.32 Å². The van der Waals surface area contributed by atoms with Crippen LogP contribution in [0.15, 0.2) is 51.8 Å². The van der Waals surface area contributed by atoms with Gasteiger partial charge in [-0.05, 0) is 42.7 Å². The van der Waals surface area contributed by atoms with Crippen molar-refractivity contribution in [3.8, 4) is 11.5 Å². The fourth-order valence-electron chi connectivity index (χ4n) is 4.42. The van der Waals surface area contributed by atoms with Crippen molar-refractivity contribution in [1.82, 2.24) is 29.2 Å². The van der Waals surface area contributed by atoms with Crippen molar-refractivity contribution in [2.75, 3.05) is 13.1 Å². The SMILES string of the molecule is CC(=O)N1CCC(n2c(=O)n(Cc3ccc(-c4nnc(C(F)F)o4)cc3)c3ncccc32)CC1. The number of imidazole rings is 1. The van der Waals surface area contributed by atoms with Crippen LogP contribution in [0.2, 0.25) is 0 Å². The van der Waals surface area contributed by atoms with Gasteiger partial charge >= 0.3 is 12.1 Å². The molecule has 0 aliphatic carbocycles. The number of benzene rings is 1. The summed E-state index contributed by atoms with van der Waals surface area (Å²) in [6.07, 6.45) is 0.229. The van der Waals surface area contributed by atoms with Crippen LogP contribution < -0.4 is 5.69 Å². The maximum atomic E-state index is 13.5. The number of pyridine rings is 1. The average molecular weight is 468 g/mol. The molecule has 9 nitrogen and oxygen atoms in total. The number of carbonyl (C=O) groups excluding carboxylic acids is 1. The van der Waals surface area contributed by atoms with Gasteiger partial charge in [0.05, 0.1) is 12.1 Å². The van der Waals surface area contributed by atoms with Gasteiger partial charge in [-0.1, -0.05) is 12.1 Å². The summed E-state index contributed by atoms with van der Waals surface area (Å²) in [5.74, 6) is -0.669. The molecular formula is C23H22F2N6O3. The highest BCUT2D eigenvalue weighted by molar-refractivity contribution is 5.73. The van der Waals surface area contributed by atoms with Crippen LogP contribution in [0.4, 0.5) is 8.78 Å². The van der Waals surface area contributed by atoms with E-state index in [-0.39, 0.29) is 30.1 Å². The number of alkyl halides is 2. The Morgan fingerprint density at radius 1 is 1.15 bits per heavy atom. The molecular weight excluding hydrogens is 446 g/mol. The van der Waals surface area contributed by atoms with Crippen LogP contribution in [0.25, 0.3) is 22.6 Å². The van der Waals surface area contributed by atoms with E-state index in [1.54, 1.807) is 57.5 Å². The first-order valence-corrected chi connectivity index (χ1v) is 10.9. The van der Waals surface area contributed by atoms with Gasteiger partial charge in [-0.2, -0.15) is 8.78 Å². The van der Waals surface area contributed by atoms with Gasteiger partial charge in [-0.3, -0.25) is 13.9 Å². The standard InChI is InChI=1S/C23H22F2N6O3/c1-14(32)29-11-8-17(9-12-29)31-18-3-2-10-26-20(18)30(23(31)33)13-15-4-6-16(7-5-15)21-27-28-22(34-21)19(24)25/h2-7,10,17,19H,8-9,11-13H2,1H3. The Morgan fingerprint density at radius 2 is 1.88 bits per heavy atom. The summed E-state index contributed by atoms with van der Waals surface area (Å²) in [5.41, 5.74) is 2.53. The lowest BCUT2D eigenvalue weighted by Crippen LogP contribution is -2.40. The van der Waals surface area contributed by atoms with Crippen molar-refractivity contribution >= 4 is 17.1 Å². The van der Waals surface area contributed by atoms with Crippen LogP contribution in [0.3, 0.4) is 0 Å². The monoisotopic (exact) mass is 468 g/mol. The number of aromatic nitrogens is 5. The molecule has 1 aliphatic heterocycles. The minimum Gasteiger partial charge on any atom is -0.415 e. The van der Waals surface area contributed by atoms with Gasteiger partial charge in [0.2, 0.25) is 11.8 Å². The molecule has 5 rings (SSSR count). The lowest BCUT2D eigenvalue weighted by molar-refractivity contribution is -0.130. The van der Waals surface area contributed by atoms with E-state index < -0.39 is 12.3 Å². The largest absolute Gasteiger partial charge is 0.415 e. The van der Waals surface area contributed by atoms with Crippen molar-refractivity contribution in [2.45, 2.75) is 38.8 Å². The number of rotatable bonds is 5. The molecule has 0 radical (unpaired) electrons. The van der Waals surface area contributed by atoms with Crippen molar-refractivity contribution in [1.29, 1.82) is 0 Å². The molecule has 1 saturated heterocycles. The minimum absolute atomic E-state index is 0.00851. The van der Waals surface area contributed by atoms with E-state index >= 15 is 0 Å². The zero-order chi connectivity index (χ0) is 23.8. The first-order valence-electron chi connectivity index (χ1n) is 10.9. The zero-order valence-corrected chi connectivity index (χ0v) is 18.4. The topological polar surface area (TPSA) is 99.1 Å². The van der Waals surface area contributed by atoms with Gasteiger partial charge in [-0.15, -0.1) is 10.2 Å². The molecule has 3 aromatic heterocycles. The van der Waals surface area contributed by atoms with E-state index in [0.29, 0.717) is 37.1 Å². The van der Waals surface area contributed by atoms with Crippen molar-refractivity contribution in [2.24, 2.45) is 0 Å². The summed E-state index contributed by atoms with van der Waals surface area (Å²) < 4.78 is 33.8. The molecule has 1 fully saturated rings. The molecule has 1 aliphatic rings. The highest BCUT2D eigenvalue weighted by Gasteiger charge is 2.26. The summed E-state index contributed by atoms with van der Waals surface area (Å²) >= 11 is 0. The lowest BCUT2D eigenvalue weighted by Gasteiger charge is -2.31. The molecule has 0 atom stereocenters. The number of likely N-dealkylation sites (tertiary alicyclic amines) is 1. The van der Waals surface area contributed by atoms with E-state index in [9.17, 15) is 18.4 Å². The molecule has 0 unspecified atom stereocenters. The van der Waals surface area contributed by atoms with E-state index in [2.05, 4.69) is 15.2 Å². The minimum atomic E-state index is -2.83. The maximum Gasteiger partial charge on any atom is 0.330 e. The molecule has 1 amide bonds. The van der Waals surface area contributed by atoms with Crippen LogP contribution in [-0.4, -0.2) is 48.2 Å². The molecule has 11 heteroatoms. The number of fused-ring (bicyclic) bond motifs is 1. The Hall–Kier alpha value is -3.89. The van der Waals surface area contributed by atoms with Gasteiger partial charge in [0.15, 0.2) is 5.65 Å². The number of hydrogen-bond donors (Lipinski definition) is 0. The molecule has 176 valence electrons. The van der Waals surface area contributed by atoms with Crippen LogP contribution >= 0.6 is 0 Å². The molecule has 0 spiro atoms. The summed E-state index contributed by atoms with van der Waals surface area (Å²) in [7, 11) is 0. The predicted molar refractivity (Wildman–Crippen MR) is 118 cm³/mol. The molecule has 0 N–H and O–H groups in total. The zero-order valence-electron chi connectivity index (χ0n) is 18.4. The Morgan fingerprint density at radius 3 is 2.53 bits per heavy atom. The molecule has 4 aromatic rings. The Bertz CT molecular complexity index is 1380. The van der Waals surface area contributed by atoms with Gasteiger partial charge in [0.1, 0.15) is 0 Å². The van der Waals surface area contributed by atoms with E-state index in [1.165, 1.54) is 0 Å². The van der Waals surface area contributed by atoms with Gasteiger partial charge in [-0.25, -0.2) is 9.78 Å². The van der Waals surface area contributed by atoms with Crippen LogP contribution in [0.1, 0.15) is 43.7 Å².